The molecule has 1 atom stereocenters. The predicted molar refractivity (Wildman–Crippen MR) is 51.3 cm³/mol. The second-order valence-electron chi connectivity index (χ2n) is 3.27. The maximum Gasteiger partial charge on any atom is 0.316 e. The van der Waals surface area contributed by atoms with Crippen LogP contribution < -0.4 is 5.32 Å². The van der Waals surface area contributed by atoms with E-state index in [-0.39, 0.29) is 23.8 Å². The van der Waals surface area contributed by atoms with Gasteiger partial charge in [0, 0.05) is 29.0 Å². The second kappa shape index (κ2) is 5.09. The Morgan fingerprint density at radius 1 is 1.43 bits per heavy atom. The van der Waals surface area contributed by atoms with E-state index in [1.54, 1.807) is 0 Å². The summed E-state index contributed by atoms with van der Waals surface area (Å²) in [6.07, 6.45) is 2.18. The molecule has 1 amide bonds. The van der Waals surface area contributed by atoms with Gasteiger partial charge >= 0.3 is 5.97 Å². The van der Waals surface area contributed by atoms with E-state index >= 15 is 0 Å². The van der Waals surface area contributed by atoms with Crippen LogP contribution in [-0.2, 0) is 20.4 Å². The lowest BCUT2D eigenvalue weighted by Gasteiger charge is -2.01. The number of aliphatic carboxylic acids is 1. The Kier molecular flexibility index (Phi) is 4.06. The zero-order chi connectivity index (χ0) is 10.6. The minimum absolute atomic E-state index is 0.130. The smallest absolute Gasteiger partial charge is 0.316 e. The van der Waals surface area contributed by atoms with Crippen molar-refractivity contribution in [2.24, 2.45) is 0 Å². The number of hydrogen-bond donors (Lipinski definition) is 2. The fourth-order valence-electron chi connectivity index (χ4n) is 0.944. The van der Waals surface area contributed by atoms with Gasteiger partial charge in [0.05, 0.1) is 0 Å². The summed E-state index contributed by atoms with van der Waals surface area (Å²) in [5.41, 5.74) is 0. The van der Waals surface area contributed by atoms with Crippen molar-refractivity contribution in [3.63, 3.8) is 0 Å². The van der Waals surface area contributed by atoms with Crippen LogP contribution in [0.5, 0.6) is 0 Å². The van der Waals surface area contributed by atoms with Crippen molar-refractivity contribution in [1.82, 2.24) is 5.32 Å². The molecule has 0 saturated heterocycles. The van der Waals surface area contributed by atoms with E-state index in [9.17, 15) is 13.8 Å². The lowest BCUT2D eigenvalue weighted by molar-refractivity contribution is -0.134. The van der Waals surface area contributed by atoms with Gasteiger partial charge in [-0.1, -0.05) is 0 Å². The molecule has 0 spiro atoms. The van der Waals surface area contributed by atoms with Gasteiger partial charge in [-0.25, -0.2) is 0 Å². The van der Waals surface area contributed by atoms with Crippen molar-refractivity contribution in [1.29, 1.82) is 0 Å². The standard InChI is InChI=1S/C8H13NO4S/c10-7(9-6-1-2-6)3-4-14(13)5-8(11)12/h6H,1-5H2,(H,9,10)(H,11,12). The fourth-order valence-corrected chi connectivity index (χ4v) is 1.78. The van der Waals surface area contributed by atoms with E-state index in [1.165, 1.54) is 0 Å². The SMILES string of the molecule is O=C(O)CS(=O)CCC(=O)NC1CC1. The molecule has 1 rings (SSSR count). The largest absolute Gasteiger partial charge is 0.481 e. The number of rotatable bonds is 6. The first kappa shape index (κ1) is 11.2. The van der Waals surface area contributed by atoms with Gasteiger partial charge in [0.2, 0.25) is 5.91 Å². The van der Waals surface area contributed by atoms with Gasteiger partial charge in [-0.2, -0.15) is 0 Å². The topological polar surface area (TPSA) is 83.5 Å². The summed E-state index contributed by atoms with van der Waals surface area (Å²) in [4.78, 5) is 21.2. The van der Waals surface area contributed by atoms with Crippen LogP contribution in [0.2, 0.25) is 0 Å². The van der Waals surface area contributed by atoms with Crippen LogP contribution in [0.4, 0.5) is 0 Å². The third kappa shape index (κ3) is 4.96. The molecule has 0 radical (unpaired) electrons. The van der Waals surface area contributed by atoms with Crippen molar-refractivity contribution < 1.29 is 18.9 Å². The lowest BCUT2D eigenvalue weighted by Crippen LogP contribution is -2.27. The maximum absolute atomic E-state index is 11.1. The first-order chi connectivity index (χ1) is 6.58. The van der Waals surface area contributed by atoms with E-state index in [0.29, 0.717) is 6.04 Å². The molecule has 14 heavy (non-hydrogen) atoms. The van der Waals surface area contributed by atoms with Gasteiger partial charge in [-0.3, -0.25) is 13.8 Å². The summed E-state index contributed by atoms with van der Waals surface area (Å²) in [5.74, 6) is -1.47. The molecule has 1 fully saturated rings. The Labute approximate surface area is 84.3 Å². The highest BCUT2D eigenvalue weighted by Gasteiger charge is 2.23. The molecule has 0 aromatic carbocycles. The summed E-state index contributed by atoms with van der Waals surface area (Å²) < 4.78 is 11.0. The Bertz CT molecular complexity index is 262. The minimum Gasteiger partial charge on any atom is -0.481 e. The van der Waals surface area contributed by atoms with Crippen LogP contribution >= 0.6 is 0 Å². The molecule has 0 heterocycles. The van der Waals surface area contributed by atoms with Crippen molar-refractivity contribution in [3.8, 4) is 0 Å². The van der Waals surface area contributed by atoms with E-state index in [4.69, 9.17) is 5.11 Å². The van der Waals surface area contributed by atoms with Crippen LogP contribution in [0.15, 0.2) is 0 Å². The zero-order valence-corrected chi connectivity index (χ0v) is 8.51. The normalized spacial score (nSPS) is 17.4. The van der Waals surface area contributed by atoms with E-state index in [1.807, 2.05) is 0 Å². The second-order valence-corrected chi connectivity index (χ2v) is 4.85. The third-order valence-corrected chi connectivity index (χ3v) is 3.01. The average Bonchev–Trinajstić information content (AvgIpc) is 2.83. The van der Waals surface area contributed by atoms with Crippen LogP contribution in [0.25, 0.3) is 0 Å². The highest BCUT2D eigenvalue weighted by molar-refractivity contribution is 7.85. The van der Waals surface area contributed by atoms with E-state index in [2.05, 4.69) is 5.32 Å². The zero-order valence-electron chi connectivity index (χ0n) is 7.69. The number of hydrogen-bond acceptors (Lipinski definition) is 3. The molecule has 1 unspecified atom stereocenters. The molecule has 0 bridgehead atoms. The quantitative estimate of drug-likeness (QED) is 0.630. The molecule has 0 aromatic heterocycles. The Hall–Kier alpha value is -0.910. The van der Waals surface area contributed by atoms with Crippen LogP contribution in [0, 0.1) is 0 Å². The number of carboxylic acids is 1. The molecule has 0 aliphatic heterocycles. The summed E-state index contributed by atoms with van der Waals surface area (Å²) in [5, 5.41) is 11.1. The number of amides is 1. The summed E-state index contributed by atoms with van der Waals surface area (Å²) in [7, 11) is -1.43. The Morgan fingerprint density at radius 2 is 2.07 bits per heavy atom. The molecule has 0 aromatic rings. The van der Waals surface area contributed by atoms with Gasteiger partial charge in [0.15, 0.2) is 0 Å². The third-order valence-electron chi connectivity index (χ3n) is 1.78. The highest BCUT2D eigenvalue weighted by atomic mass is 32.2. The summed E-state index contributed by atoms with van der Waals surface area (Å²) in [6.45, 7) is 0. The van der Waals surface area contributed by atoms with Crippen molar-refractivity contribution >= 4 is 22.7 Å². The highest BCUT2D eigenvalue weighted by Crippen LogP contribution is 2.18. The molecular formula is C8H13NO4S. The number of carbonyl (C=O) groups excluding carboxylic acids is 1. The van der Waals surface area contributed by atoms with Crippen molar-refractivity contribution in [2.75, 3.05) is 11.5 Å². The van der Waals surface area contributed by atoms with Crippen molar-refractivity contribution in [2.45, 2.75) is 25.3 Å². The lowest BCUT2D eigenvalue weighted by atomic mass is 10.4. The van der Waals surface area contributed by atoms with Gasteiger partial charge < -0.3 is 10.4 Å². The van der Waals surface area contributed by atoms with Crippen molar-refractivity contribution in [3.05, 3.63) is 0 Å². The monoisotopic (exact) mass is 219 g/mol. The van der Waals surface area contributed by atoms with Gasteiger partial charge in [-0.05, 0) is 12.8 Å². The number of nitrogens with one attached hydrogen (secondary N) is 1. The molecule has 1 aliphatic carbocycles. The predicted octanol–water partition coefficient (Wildman–Crippen LogP) is -0.512. The molecule has 5 nitrogen and oxygen atoms in total. The van der Waals surface area contributed by atoms with Crippen LogP contribution in [0.3, 0.4) is 0 Å². The fraction of sp³-hybridized carbons (Fsp3) is 0.750. The maximum atomic E-state index is 11.1. The first-order valence-electron chi connectivity index (χ1n) is 4.44. The molecular weight excluding hydrogens is 206 g/mol. The average molecular weight is 219 g/mol. The van der Waals surface area contributed by atoms with Crippen LogP contribution in [0.1, 0.15) is 19.3 Å². The first-order valence-corrected chi connectivity index (χ1v) is 5.93. The van der Waals surface area contributed by atoms with E-state index < -0.39 is 16.8 Å². The number of carboxylic acid groups (broad SMARTS) is 1. The van der Waals surface area contributed by atoms with E-state index in [0.717, 1.165) is 12.8 Å². The number of carbonyl (C=O) groups is 2. The Morgan fingerprint density at radius 3 is 2.57 bits per heavy atom. The van der Waals surface area contributed by atoms with Gasteiger partial charge in [-0.15, -0.1) is 0 Å². The Balaban J connectivity index is 2.08. The minimum atomic E-state index is -1.43. The van der Waals surface area contributed by atoms with Gasteiger partial charge in [0.25, 0.3) is 0 Å². The van der Waals surface area contributed by atoms with Crippen LogP contribution in [-0.4, -0.2) is 38.7 Å². The van der Waals surface area contributed by atoms with Gasteiger partial charge in [0.1, 0.15) is 5.75 Å². The molecule has 2 N–H and O–H groups in total. The molecule has 1 aliphatic rings. The molecule has 80 valence electrons. The molecule has 6 heteroatoms. The summed E-state index contributed by atoms with van der Waals surface area (Å²) >= 11 is 0. The summed E-state index contributed by atoms with van der Waals surface area (Å²) in [6, 6.07) is 0.301. The molecule has 1 saturated carbocycles.